The van der Waals surface area contributed by atoms with Gasteiger partial charge in [-0.15, -0.1) is 24.2 Å². The zero-order valence-electron chi connectivity index (χ0n) is 9.12. The van der Waals surface area contributed by atoms with Crippen molar-refractivity contribution in [3.63, 3.8) is 0 Å². The molecular weight excluding hydrogens is 245 g/mol. The zero-order chi connectivity index (χ0) is 10.5. The fourth-order valence-electron chi connectivity index (χ4n) is 1.82. The maximum atomic E-state index is 13.3. The van der Waals surface area contributed by atoms with Crippen molar-refractivity contribution in [2.45, 2.75) is 17.7 Å². The molecule has 1 aromatic carbocycles. The lowest BCUT2D eigenvalue weighted by Gasteiger charge is -2.22. The molecule has 1 aliphatic rings. The fraction of sp³-hybridized carbons (Fsp3) is 0.500. The second-order valence-electron chi connectivity index (χ2n) is 3.93. The highest BCUT2D eigenvalue weighted by Gasteiger charge is 2.13. The molecule has 16 heavy (non-hydrogen) atoms. The van der Waals surface area contributed by atoms with Crippen LogP contribution in [0.15, 0.2) is 29.2 Å². The summed E-state index contributed by atoms with van der Waals surface area (Å²) < 4.78 is 13.3. The summed E-state index contributed by atoms with van der Waals surface area (Å²) in [6.07, 6.45) is 2.45. The highest BCUT2D eigenvalue weighted by Crippen LogP contribution is 2.26. The quantitative estimate of drug-likeness (QED) is 0.838. The number of thioether (sulfide) groups is 1. The number of piperidine rings is 1. The Morgan fingerprint density at radius 3 is 2.62 bits per heavy atom. The van der Waals surface area contributed by atoms with Crippen molar-refractivity contribution in [2.24, 2.45) is 5.92 Å². The summed E-state index contributed by atoms with van der Waals surface area (Å²) in [5, 5.41) is 3.34. The Kier molecular flexibility index (Phi) is 6.17. The van der Waals surface area contributed by atoms with Crippen LogP contribution in [0.2, 0.25) is 0 Å². The predicted molar refractivity (Wildman–Crippen MR) is 70.0 cm³/mol. The Hall–Kier alpha value is -0.250. The van der Waals surface area contributed by atoms with Gasteiger partial charge in [0.25, 0.3) is 0 Å². The molecule has 1 N–H and O–H groups in total. The Labute approximate surface area is 107 Å². The van der Waals surface area contributed by atoms with Gasteiger partial charge in [0.1, 0.15) is 5.82 Å². The average Bonchev–Trinajstić information content (AvgIpc) is 2.29. The van der Waals surface area contributed by atoms with Gasteiger partial charge in [-0.1, -0.05) is 12.1 Å². The average molecular weight is 262 g/mol. The van der Waals surface area contributed by atoms with Crippen molar-refractivity contribution in [2.75, 3.05) is 18.8 Å². The minimum atomic E-state index is -0.0866. The summed E-state index contributed by atoms with van der Waals surface area (Å²) in [5.74, 6) is 1.70. The summed E-state index contributed by atoms with van der Waals surface area (Å²) in [4.78, 5) is 0.788. The van der Waals surface area contributed by atoms with E-state index in [4.69, 9.17) is 0 Å². The molecule has 0 aliphatic carbocycles. The lowest BCUT2D eigenvalue weighted by atomic mass is 10.0. The summed E-state index contributed by atoms with van der Waals surface area (Å²) in [6.45, 7) is 2.23. The third kappa shape index (κ3) is 3.96. The summed E-state index contributed by atoms with van der Waals surface area (Å²) in [7, 11) is 0. The van der Waals surface area contributed by atoms with Crippen molar-refractivity contribution < 1.29 is 4.39 Å². The first-order chi connectivity index (χ1) is 7.36. The molecule has 0 amide bonds. The van der Waals surface area contributed by atoms with Gasteiger partial charge >= 0.3 is 0 Å². The van der Waals surface area contributed by atoms with Gasteiger partial charge < -0.3 is 5.32 Å². The van der Waals surface area contributed by atoms with E-state index in [-0.39, 0.29) is 18.2 Å². The molecule has 4 heteroatoms. The summed E-state index contributed by atoms with van der Waals surface area (Å²) in [6, 6.07) is 7.03. The molecule has 0 unspecified atom stereocenters. The standard InChI is InChI=1S/C12H16FNS.ClH/c13-11-3-1-2-4-12(11)15-9-10-5-7-14-8-6-10;/h1-4,10,14H,5-9H2;1H. The Balaban J connectivity index is 0.00000128. The van der Waals surface area contributed by atoms with Crippen molar-refractivity contribution in [3.05, 3.63) is 30.1 Å². The van der Waals surface area contributed by atoms with Crippen molar-refractivity contribution in [1.82, 2.24) is 5.32 Å². The van der Waals surface area contributed by atoms with Crippen LogP contribution in [0.4, 0.5) is 4.39 Å². The van der Waals surface area contributed by atoms with Crippen LogP contribution in [0.5, 0.6) is 0 Å². The summed E-state index contributed by atoms with van der Waals surface area (Å²) >= 11 is 1.65. The molecule has 1 nitrogen and oxygen atoms in total. The van der Waals surface area contributed by atoms with Crippen LogP contribution in [-0.4, -0.2) is 18.8 Å². The first-order valence-corrected chi connectivity index (χ1v) is 6.43. The molecule has 1 aliphatic heterocycles. The minimum Gasteiger partial charge on any atom is -0.317 e. The van der Waals surface area contributed by atoms with Crippen LogP contribution < -0.4 is 5.32 Å². The van der Waals surface area contributed by atoms with E-state index in [1.54, 1.807) is 17.8 Å². The Bertz CT molecular complexity index is 316. The number of hydrogen-bond donors (Lipinski definition) is 1. The number of benzene rings is 1. The van der Waals surface area contributed by atoms with E-state index < -0.39 is 0 Å². The molecule has 1 heterocycles. The third-order valence-electron chi connectivity index (χ3n) is 2.77. The van der Waals surface area contributed by atoms with Crippen molar-refractivity contribution >= 4 is 24.2 Å². The molecule has 1 saturated heterocycles. The molecule has 2 rings (SSSR count). The molecular formula is C12H17ClFNS. The lowest BCUT2D eigenvalue weighted by molar-refractivity contribution is 0.407. The first-order valence-electron chi connectivity index (χ1n) is 5.44. The largest absolute Gasteiger partial charge is 0.317 e. The SMILES string of the molecule is Cl.Fc1ccccc1SCC1CCNCC1. The van der Waals surface area contributed by atoms with E-state index in [1.807, 2.05) is 12.1 Å². The van der Waals surface area contributed by atoms with E-state index in [1.165, 1.54) is 18.9 Å². The van der Waals surface area contributed by atoms with Crippen LogP contribution in [0.25, 0.3) is 0 Å². The monoisotopic (exact) mass is 261 g/mol. The lowest BCUT2D eigenvalue weighted by Crippen LogP contribution is -2.28. The van der Waals surface area contributed by atoms with Gasteiger partial charge in [-0.2, -0.15) is 0 Å². The van der Waals surface area contributed by atoms with Crippen LogP contribution in [0, 0.1) is 11.7 Å². The maximum Gasteiger partial charge on any atom is 0.136 e. The number of nitrogens with one attached hydrogen (secondary N) is 1. The van der Waals surface area contributed by atoms with E-state index in [0.29, 0.717) is 0 Å². The maximum absolute atomic E-state index is 13.3. The van der Waals surface area contributed by atoms with Crippen LogP contribution in [0.1, 0.15) is 12.8 Å². The zero-order valence-corrected chi connectivity index (χ0v) is 10.7. The highest BCUT2D eigenvalue weighted by molar-refractivity contribution is 7.99. The number of rotatable bonds is 3. The number of halogens is 2. The van der Waals surface area contributed by atoms with E-state index >= 15 is 0 Å². The molecule has 90 valence electrons. The molecule has 0 radical (unpaired) electrons. The van der Waals surface area contributed by atoms with E-state index in [0.717, 1.165) is 29.7 Å². The second kappa shape index (κ2) is 7.15. The van der Waals surface area contributed by atoms with Gasteiger partial charge in [-0.3, -0.25) is 0 Å². The molecule has 1 fully saturated rings. The van der Waals surface area contributed by atoms with Crippen LogP contribution in [-0.2, 0) is 0 Å². The van der Waals surface area contributed by atoms with Gasteiger partial charge in [-0.05, 0) is 44.0 Å². The van der Waals surface area contributed by atoms with Gasteiger partial charge in [0.15, 0.2) is 0 Å². The minimum absolute atomic E-state index is 0. The second-order valence-corrected chi connectivity index (χ2v) is 5.00. The molecule has 0 spiro atoms. The van der Waals surface area contributed by atoms with Crippen LogP contribution >= 0.6 is 24.2 Å². The summed E-state index contributed by atoms with van der Waals surface area (Å²) in [5.41, 5.74) is 0. The normalized spacial score (nSPS) is 16.8. The Morgan fingerprint density at radius 2 is 1.94 bits per heavy atom. The third-order valence-corrected chi connectivity index (χ3v) is 4.05. The molecule has 0 saturated carbocycles. The smallest absolute Gasteiger partial charge is 0.136 e. The van der Waals surface area contributed by atoms with Gasteiger partial charge in [0, 0.05) is 10.6 Å². The van der Waals surface area contributed by atoms with Gasteiger partial charge in [0.2, 0.25) is 0 Å². The topological polar surface area (TPSA) is 12.0 Å². The van der Waals surface area contributed by atoms with E-state index in [9.17, 15) is 4.39 Å². The van der Waals surface area contributed by atoms with Crippen molar-refractivity contribution in [3.8, 4) is 0 Å². The molecule has 0 atom stereocenters. The van der Waals surface area contributed by atoms with Gasteiger partial charge in [0.05, 0.1) is 0 Å². The predicted octanol–water partition coefficient (Wildman–Crippen LogP) is 3.34. The Morgan fingerprint density at radius 1 is 1.25 bits per heavy atom. The fourth-order valence-corrected chi connectivity index (χ4v) is 2.95. The molecule has 0 bridgehead atoms. The van der Waals surface area contributed by atoms with Crippen molar-refractivity contribution in [1.29, 1.82) is 0 Å². The van der Waals surface area contributed by atoms with Gasteiger partial charge in [-0.25, -0.2) is 4.39 Å². The first kappa shape index (κ1) is 13.8. The molecule has 1 aromatic rings. The van der Waals surface area contributed by atoms with E-state index in [2.05, 4.69) is 5.32 Å². The number of hydrogen-bond acceptors (Lipinski definition) is 2. The highest BCUT2D eigenvalue weighted by atomic mass is 35.5. The van der Waals surface area contributed by atoms with Crippen LogP contribution in [0.3, 0.4) is 0 Å². The molecule has 0 aromatic heterocycles.